The van der Waals surface area contributed by atoms with Crippen molar-refractivity contribution in [1.29, 1.82) is 0 Å². The van der Waals surface area contributed by atoms with Crippen LogP contribution in [0, 0.1) is 0 Å². The number of hydrogen-bond acceptors (Lipinski definition) is 6. The van der Waals surface area contributed by atoms with Crippen LogP contribution in [0.4, 0.5) is 0 Å². The van der Waals surface area contributed by atoms with Crippen LogP contribution in [-0.4, -0.2) is 31.7 Å². The molecule has 0 spiro atoms. The number of nitrogens with zero attached hydrogens (tertiary/aromatic N) is 5. The van der Waals surface area contributed by atoms with Crippen molar-refractivity contribution in [3.63, 3.8) is 0 Å². The molecule has 0 amide bonds. The molecular formula is C13H22N6O. The van der Waals surface area contributed by atoms with E-state index < -0.39 is 0 Å². The van der Waals surface area contributed by atoms with Gasteiger partial charge in [-0.2, -0.15) is 0 Å². The molecule has 0 aliphatic heterocycles. The minimum atomic E-state index is -0.136. The van der Waals surface area contributed by atoms with Crippen molar-refractivity contribution in [3.8, 4) is 0 Å². The topological polar surface area (TPSA) is 81.7 Å². The van der Waals surface area contributed by atoms with Crippen molar-refractivity contribution < 1.29 is 4.42 Å². The molecule has 1 N–H and O–H groups in total. The molecule has 2 rings (SSSR count). The Morgan fingerprint density at radius 2 is 2.05 bits per heavy atom. The molecule has 0 fully saturated rings. The van der Waals surface area contributed by atoms with Crippen molar-refractivity contribution in [2.24, 2.45) is 0 Å². The first-order valence-electron chi connectivity index (χ1n) is 6.91. The summed E-state index contributed by atoms with van der Waals surface area (Å²) in [5.41, 5.74) is 0.775. The second-order valence-electron chi connectivity index (χ2n) is 5.84. The Kier molecular flexibility index (Phi) is 4.49. The largest absolute Gasteiger partial charge is 0.423 e. The van der Waals surface area contributed by atoms with E-state index in [0.29, 0.717) is 18.3 Å². The quantitative estimate of drug-likeness (QED) is 0.807. The molecule has 0 aliphatic carbocycles. The summed E-state index contributed by atoms with van der Waals surface area (Å²) < 4.78 is 7.34. The van der Waals surface area contributed by atoms with Crippen LogP contribution in [0.25, 0.3) is 0 Å². The average Bonchev–Trinajstić information content (AvgIpc) is 2.99. The van der Waals surface area contributed by atoms with E-state index in [-0.39, 0.29) is 5.41 Å². The monoisotopic (exact) mass is 278 g/mol. The van der Waals surface area contributed by atoms with Crippen LogP contribution < -0.4 is 5.32 Å². The van der Waals surface area contributed by atoms with E-state index in [9.17, 15) is 0 Å². The van der Waals surface area contributed by atoms with Gasteiger partial charge in [0, 0.05) is 12.0 Å². The maximum Gasteiger partial charge on any atom is 0.238 e. The summed E-state index contributed by atoms with van der Waals surface area (Å²) in [5.74, 6) is 1.19. The third-order valence-electron chi connectivity index (χ3n) is 2.72. The highest BCUT2D eigenvalue weighted by Crippen LogP contribution is 2.20. The van der Waals surface area contributed by atoms with Crippen molar-refractivity contribution in [1.82, 2.24) is 30.5 Å². The van der Waals surface area contributed by atoms with Crippen molar-refractivity contribution in [2.45, 2.75) is 52.6 Å². The maximum atomic E-state index is 5.63. The molecule has 0 aliphatic rings. The fourth-order valence-corrected chi connectivity index (χ4v) is 1.65. The Balaban J connectivity index is 1.95. The molecule has 2 aromatic heterocycles. The summed E-state index contributed by atoms with van der Waals surface area (Å²) in [4.78, 5) is 0. The summed E-state index contributed by atoms with van der Waals surface area (Å²) in [6.45, 7) is 10.4. The van der Waals surface area contributed by atoms with Crippen LogP contribution in [-0.2, 0) is 18.5 Å². The molecule has 0 radical (unpaired) electrons. The highest BCUT2D eigenvalue weighted by Gasteiger charge is 2.21. The van der Waals surface area contributed by atoms with Gasteiger partial charge in [-0.1, -0.05) is 32.9 Å². The third kappa shape index (κ3) is 3.86. The Bertz CT molecular complexity index is 539. The zero-order valence-electron chi connectivity index (χ0n) is 12.6. The van der Waals surface area contributed by atoms with Gasteiger partial charge in [0.15, 0.2) is 0 Å². The Morgan fingerprint density at radius 3 is 2.70 bits per heavy atom. The smallest absolute Gasteiger partial charge is 0.238 e. The summed E-state index contributed by atoms with van der Waals surface area (Å²) in [7, 11) is 0. The van der Waals surface area contributed by atoms with Crippen molar-refractivity contribution in [2.75, 3.05) is 6.54 Å². The molecule has 2 aromatic rings. The van der Waals surface area contributed by atoms with Gasteiger partial charge < -0.3 is 9.73 Å². The molecule has 0 unspecified atom stereocenters. The summed E-state index contributed by atoms with van der Waals surface area (Å²) >= 11 is 0. The highest BCUT2D eigenvalue weighted by molar-refractivity contribution is 4.97. The molecule has 0 atom stereocenters. The number of rotatable bonds is 6. The molecule has 7 nitrogen and oxygen atoms in total. The van der Waals surface area contributed by atoms with Gasteiger partial charge >= 0.3 is 0 Å². The molecule has 20 heavy (non-hydrogen) atoms. The van der Waals surface area contributed by atoms with Crippen LogP contribution in [0.5, 0.6) is 0 Å². The standard InChI is InChI=1S/C13H22N6O/c1-5-6-14-7-10-8-19(18-15-10)9-11-16-17-12(20-11)13(2,3)4/h8,14H,5-7,9H2,1-4H3. The lowest BCUT2D eigenvalue weighted by Crippen LogP contribution is -2.13. The lowest BCUT2D eigenvalue weighted by atomic mass is 9.97. The molecule has 0 aromatic carbocycles. The summed E-state index contributed by atoms with van der Waals surface area (Å²) in [6.07, 6.45) is 3.00. The SMILES string of the molecule is CCCNCc1cn(Cc2nnc(C(C)(C)C)o2)nn1. The van der Waals surface area contributed by atoms with Gasteiger partial charge in [0.1, 0.15) is 6.54 Å². The van der Waals surface area contributed by atoms with Crippen LogP contribution in [0.2, 0.25) is 0 Å². The molecule has 7 heteroatoms. The zero-order chi connectivity index (χ0) is 14.6. The fourth-order valence-electron chi connectivity index (χ4n) is 1.65. The van der Waals surface area contributed by atoms with Crippen LogP contribution >= 0.6 is 0 Å². The van der Waals surface area contributed by atoms with Crippen molar-refractivity contribution >= 4 is 0 Å². The molecule has 0 saturated carbocycles. The van der Waals surface area contributed by atoms with Gasteiger partial charge in [-0.3, -0.25) is 0 Å². The van der Waals surface area contributed by atoms with E-state index in [2.05, 4.69) is 32.7 Å². The normalized spacial score (nSPS) is 12.0. The summed E-state index contributed by atoms with van der Waals surface area (Å²) in [5, 5.41) is 19.5. The number of aromatic nitrogens is 5. The fraction of sp³-hybridized carbons (Fsp3) is 0.692. The van der Waals surface area contributed by atoms with Crippen LogP contribution in [0.3, 0.4) is 0 Å². The highest BCUT2D eigenvalue weighted by atomic mass is 16.4. The molecule has 2 heterocycles. The lowest BCUT2D eigenvalue weighted by molar-refractivity contribution is 0.362. The predicted molar refractivity (Wildman–Crippen MR) is 74.1 cm³/mol. The average molecular weight is 278 g/mol. The molecule has 0 saturated heterocycles. The van der Waals surface area contributed by atoms with Gasteiger partial charge in [-0.15, -0.1) is 15.3 Å². The number of nitrogens with one attached hydrogen (secondary N) is 1. The molecular weight excluding hydrogens is 256 g/mol. The minimum absolute atomic E-state index is 0.136. The van der Waals surface area contributed by atoms with E-state index in [0.717, 1.165) is 25.2 Å². The first kappa shape index (κ1) is 14.6. The second-order valence-corrected chi connectivity index (χ2v) is 5.84. The number of hydrogen-bond donors (Lipinski definition) is 1. The van der Waals surface area contributed by atoms with E-state index >= 15 is 0 Å². The van der Waals surface area contributed by atoms with Gasteiger partial charge in [-0.05, 0) is 13.0 Å². The second kappa shape index (κ2) is 6.13. The van der Waals surface area contributed by atoms with Gasteiger partial charge in [0.25, 0.3) is 0 Å². The van der Waals surface area contributed by atoms with E-state index in [1.807, 2.05) is 27.0 Å². The zero-order valence-corrected chi connectivity index (χ0v) is 12.6. The van der Waals surface area contributed by atoms with Gasteiger partial charge in [0.05, 0.1) is 11.9 Å². The third-order valence-corrected chi connectivity index (χ3v) is 2.72. The summed E-state index contributed by atoms with van der Waals surface area (Å²) in [6, 6.07) is 0. The van der Waals surface area contributed by atoms with Gasteiger partial charge in [-0.25, -0.2) is 4.68 Å². The van der Waals surface area contributed by atoms with E-state index in [1.165, 1.54) is 0 Å². The lowest BCUT2D eigenvalue weighted by Gasteiger charge is -2.10. The van der Waals surface area contributed by atoms with Gasteiger partial charge in [0.2, 0.25) is 11.8 Å². The van der Waals surface area contributed by atoms with Crippen LogP contribution in [0.1, 0.15) is 51.6 Å². The Labute approximate surface area is 118 Å². The Hall–Kier alpha value is -1.76. The van der Waals surface area contributed by atoms with Crippen molar-refractivity contribution in [3.05, 3.63) is 23.7 Å². The van der Waals surface area contributed by atoms with Crippen LogP contribution in [0.15, 0.2) is 10.6 Å². The molecule has 110 valence electrons. The predicted octanol–water partition coefficient (Wildman–Crippen LogP) is 1.51. The first-order valence-corrected chi connectivity index (χ1v) is 6.91. The minimum Gasteiger partial charge on any atom is -0.423 e. The van der Waals surface area contributed by atoms with E-state index in [1.54, 1.807) is 4.68 Å². The van der Waals surface area contributed by atoms with E-state index in [4.69, 9.17) is 4.42 Å². The molecule has 0 bridgehead atoms. The first-order chi connectivity index (χ1) is 9.49. The Morgan fingerprint density at radius 1 is 1.25 bits per heavy atom. The maximum absolute atomic E-state index is 5.63.